The molecule has 1 aromatic carbocycles. The van der Waals surface area contributed by atoms with Crippen LogP contribution >= 0.6 is 0 Å². The fourth-order valence-corrected chi connectivity index (χ4v) is 3.40. The zero-order chi connectivity index (χ0) is 14.1. The van der Waals surface area contributed by atoms with Crippen LogP contribution in [0.15, 0.2) is 22.6 Å². The van der Waals surface area contributed by atoms with E-state index in [1.807, 2.05) is 0 Å². The van der Waals surface area contributed by atoms with Crippen LogP contribution in [0.25, 0.3) is 11.1 Å². The smallest absolute Gasteiger partial charge is 0.198 e. The lowest BCUT2D eigenvalue weighted by Gasteiger charge is -2.22. The first-order valence-electron chi connectivity index (χ1n) is 7.79. The molecule has 0 saturated heterocycles. The van der Waals surface area contributed by atoms with Crippen LogP contribution in [0.3, 0.4) is 0 Å². The van der Waals surface area contributed by atoms with E-state index in [1.54, 1.807) is 0 Å². The fourth-order valence-electron chi connectivity index (χ4n) is 3.40. The summed E-state index contributed by atoms with van der Waals surface area (Å²) >= 11 is 0. The Kier molecular flexibility index (Phi) is 3.79. The van der Waals surface area contributed by atoms with Crippen molar-refractivity contribution >= 4 is 11.1 Å². The average Bonchev–Trinajstić information content (AvgIpc) is 3.07. The predicted molar refractivity (Wildman–Crippen MR) is 81.9 cm³/mol. The number of oxazole rings is 1. The minimum absolute atomic E-state index is 0.325. The summed E-state index contributed by atoms with van der Waals surface area (Å²) in [7, 11) is 0. The Morgan fingerprint density at radius 2 is 2.05 bits per heavy atom. The van der Waals surface area contributed by atoms with Gasteiger partial charge < -0.3 is 10.2 Å². The van der Waals surface area contributed by atoms with Gasteiger partial charge in [0, 0.05) is 5.92 Å². The molecule has 1 unspecified atom stereocenters. The van der Waals surface area contributed by atoms with Gasteiger partial charge in [-0.15, -0.1) is 0 Å². The maximum Gasteiger partial charge on any atom is 0.198 e. The standard InChI is InChI=1S/C17H24N2O/c1-11(2)17-19-15-8-7-13(9-16(15)20-17)14(10-18)12-5-3-4-6-12/h7-9,11-12,14H,3-6,10,18H2,1-2H3. The number of hydrogen-bond acceptors (Lipinski definition) is 3. The van der Waals surface area contributed by atoms with Gasteiger partial charge in [-0.25, -0.2) is 4.98 Å². The third-order valence-electron chi connectivity index (χ3n) is 4.57. The Morgan fingerprint density at radius 1 is 1.30 bits per heavy atom. The molecular formula is C17H24N2O. The summed E-state index contributed by atoms with van der Waals surface area (Å²) in [6, 6.07) is 6.42. The Hall–Kier alpha value is -1.35. The van der Waals surface area contributed by atoms with Gasteiger partial charge in [0.25, 0.3) is 0 Å². The highest BCUT2D eigenvalue weighted by Crippen LogP contribution is 2.37. The van der Waals surface area contributed by atoms with Crippen molar-refractivity contribution in [3.63, 3.8) is 0 Å². The average molecular weight is 272 g/mol. The van der Waals surface area contributed by atoms with Crippen LogP contribution in [0.4, 0.5) is 0 Å². The van der Waals surface area contributed by atoms with Gasteiger partial charge in [0.1, 0.15) is 5.52 Å². The van der Waals surface area contributed by atoms with Crippen LogP contribution in [0, 0.1) is 5.92 Å². The van der Waals surface area contributed by atoms with Crippen molar-refractivity contribution in [2.45, 2.75) is 51.4 Å². The maximum atomic E-state index is 6.04. The second kappa shape index (κ2) is 5.57. The summed E-state index contributed by atoms with van der Waals surface area (Å²) in [4.78, 5) is 4.54. The van der Waals surface area contributed by atoms with Crippen LogP contribution in [0.2, 0.25) is 0 Å². The summed E-state index contributed by atoms with van der Waals surface area (Å²) < 4.78 is 5.88. The molecule has 1 aliphatic rings. The van der Waals surface area contributed by atoms with Crippen molar-refractivity contribution in [2.24, 2.45) is 11.7 Å². The Bertz CT molecular complexity index is 582. The highest BCUT2D eigenvalue weighted by Gasteiger charge is 2.25. The molecule has 1 fully saturated rings. The predicted octanol–water partition coefficient (Wildman–Crippen LogP) is 4.18. The van der Waals surface area contributed by atoms with E-state index < -0.39 is 0 Å². The van der Waals surface area contributed by atoms with Crippen LogP contribution in [0.5, 0.6) is 0 Å². The Labute approximate surface area is 120 Å². The third kappa shape index (κ3) is 2.47. The first kappa shape index (κ1) is 13.6. The van der Waals surface area contributed by atoms with Crippen molar-refractivity contribution in [1.82, 2.24) is 4.98 Å². The first-order chi connectivity index (χ1) is 9.69. The van der Waals surface area contributed by atoms with Gasteiger partial charge in [-0.1, -0.05) is 32.8 Å². The van der Waals surface area contributed by atoms with Crippen molar-refractivity contribution in [3.05, 3.63) is 29.7 Å². The van der Waals surface area contributed by atoms with E-state index in [0.717, 1.165) is 29.5 Å². The molecule has 2 N–H and O–H groups in total. The van der Waals surface area contributed by atoms with Crippen LogP contribution in [-0.4, -0.2) is 11.5 Å². The highest BCUT2D eigenvalue weighted by atomic mass is 16.3. The van der Waals surface area contributed by atoms with Gasteiger partial charge >= 0.3 is 0 Å². The topological polar surface area (TPSA) is 52.0 Å². The van der Waals surface area contributed by atoms with Crippen molar-refractivity contribution in [3.8, 4) is 0 Å². The zero-order valence-corrected chi connectivity index (χ0v) is 12.4. The molecule has 3 heteroatoms. The Morgan fingerprint density at radius 3 is 2.70 bits per heavy atom. The summed E-state index contributed by atoms with van der Waals surface area (Å²) in [5.41, 5.74) is 9.22. The molecule has 1 aromatic heterocycles. The van der Waals surface area contributed by atoms with E-state index in [4.69, 9.17) is 10.2 Å². The minimum atomic E-state index is 0.325. The molecule has 1 heterocycles. The van der Waals surface area contributed by atoms with Gasteiger partial charge in [-0.05, 0) is 48.9 Å². The summed E-state index contributed by atoms with van der Waals surface area (Å²) in [6.45, 7) is 4.93. The zero-order valence-electron chi connectivity index (χ0n) is 12.4. The van der Waals surface area contributed by atoms with E-state index in [0.29, 0.717) is 11.8 Å². The van der Waals surface area contributed by atoms with Gasteiger partial charge in [0.15, 0.2) is 11.5 Å². The van der Waals surface area contributed by atoms with Gasteiger partial charge in [-0.3, -0.25) is 0 Å². The van der Waals surface area contributed by atoms with Crippen LogP contribution in [-0.2, 0) is 0 Å². The van der Waals surface area contributed by atoms with Crippen molar-refractivity contribution in [1.29, 1.82) is 0 Å². The molecule has 0 amide bonds. The summed E-state index contributed by atoms with van der Waals surface area (Å²) in [5.74, 6) is 2.35. The van der Waals surface area contributed by atoms with Crippen molar-refractivity contribution < 1.29 is 4.42 Å². The van der Waals surface area contributed by atoms with Gasteiger partial charge in [-0.2, -0.15) is 0 Å². The summed E-state index contributed by atoms with van der Waals surface area (Å²) in [6.07, 6.45) is 5.33. The number of aromatic nitrogens is 1. The SMILES string of the molecule is CC(C)c1nc2ccc(C(CN)C3CCCC3)cc2o1. The third-order valence-corrected chi connectivity index (χ3v) is 4.57. The molecule has 1 saturated carbocycles. The molecule has 108 valence electrons. The fraction of sp³-hybridized carbons (Fsp3) is 0.588. The molecule has 20 heavy (non-hydrogen) atoms. The molecular weight excluding hydrogens is 248 g/mol. The molecule has 2 aromatic rings. The number of benzene rings is 1. The quantitative estimate of drug-likeness (QED) is 0.908. The highest BCUT2D eigenvalue weighted by molar-refractivity contribution is 5.73. The molecule has 1 atom stereocenters. The van der Waals surface area contributed by atoms with Crippen molar-refractivity contribution in [2.75, 3.05) is 6.54 Å². The van der Waals surface area contributed by atoms with E-state index in [9.17, 15) is 0 Å². The second-order valence-electron chi connectivity index (χ2n) is 6.32. The lowest BCUT2D eigenvalue weighted by atomic mass is 9.85. The largest absolute Gasteiger partial charge is 0.440 e. The number of fused-ring (bicyclic) bond motifs is 1. The molecule has 0 radical (unpaired) electrons. The lowest BCUT2D eigenvalue weighted by molar-refractivity contribution is 0.440. The molecule has 3 rings (SSSR count). The summed E-state index contributed by atoms with van der Waals surface area (Å²) in [5, 5.41) is 0. The minimum Gasteiger partial charge on any atom is -0.440 e. The normalized spacial score (nSPS) is 18.2. The molecule has 1 aliphatic carbocycles. The number of nitrogens with zero attached hydrogens (tertiary/aromatic N) is 1. The van der Waals surface area contributed by atoms with Gasteiger partial charge in [0.05, 0.1) is 0 Å². The lowest BCUT2D eigenvalue weighted by Crippen LogP contribution is -2.19. The number of rotatable bonds is 4. The number of nitrogens with two attached hydrogens (primary N) is 1. The van der Waals surface area contributed by atoms with E-state index in [1.165, 1.54) is 31.2 Å². The molecule has 0 bridgehead atoms. The Balaban J connectivity index is 1.94. The first-order valence-corrected chi connectivity index (χ1v) is 7.79. The van der Waals surface area contributed by atoms with E-state index >= 15 is 0 Å². The molecule has 0 spiro atoms. The number of hydrogen-bond donors (Lipinski definition) is 1. The monoisotopic (exact) mass is 272 g/mol. The van der Waals surface area contributed by atoms with Crippen LogP contribution in [0.1, 0.15) is 62.8 Å². The van der Waals surface area contributed by atoms with E-state index in [-0.39, 0.29) is 0 Å². The van der Waals surface area contributed by atoms with E-state index in [2.05, 4.69) is 37.0 Å². The van der Waals surface area contributed by atoms with Gasteiger partial charge in [0.2, 0.25) is 0 Å². The van der Waals surface area contributed by atoms with Crippen LogP contribution < -0.4 is 5.73 Å². The second-order valence-corrected chi connectivity index (χ2v) is 6.32. The maximum absolute atomic E-state index is 6.04. The molecule has 0 aliphatic heterocycles. The molecule has 3 nitrogen and oxygen atoms in total.